The molecule has 0 aliphatic rings. The zero-order chi connectivity index (χ0) is 26.8. The van der Waals surface area contributed by atoms with Crippen molar-refractivity contribution in [2.24, 2.45) is 11.7 Å². The lowest BCUT2D eigenvalue weighted by molar-refractivity contribution is -0.140. The number of hydrogen-bond donors (Lipinski definition) is 3. The van der Waals surface area contributed by atoms with Crippen LogP contribution in [0.3, 0.4) is 0 Å². The van der Waals surface area contributed by atoms with Gasteiger partial charge in [-0.3, -0.25) is 4.79 Å². The summed E-state index contributed by atoms with van der Waals surface area (Å²) in [6, 6.07) is 25.7. The summed E-state index contributed by atoms with van der Waals surface area (Å²) in [7, 11) is 0. The molecule has 3 aromatic rings. The summed E-state index contributed by atoms with van der Waals surface area (Å²) in [5.41, 5.74) is 9.16. The summed E-state index contributed by atoms with van der Waals surface area (Å²) in [5.74, 6) is -2.03. The molecule has 194 valence electrons. The molecule has 3 aromatic carbocycles. The number of amides is 3. The van der Waals surface area contributed by atoms with Crippen molar-refractivity contribution in [3.63, 3.8) is 0 Å². The third kappa shape index (κ3) is 8.20. The van der Waals surface area contributed by atoms with Crippen LogP contribution < -0.4 is 11.1 Å². The SMILES string of the molecule is CC(C)CN(CCC(N)=O)C(=O)N[C@H](C(=O)O)C(Cc1ccccc1)c1ccc(-c2ccccc2)cc1. The van der Waals surface area contributed by atoms with Crippen molar-refractivity contribution in [1.29, 1.82) is 0 Å². The largest absolute Gasteiger partial charge is 0.480 e. The Morgan fingerprint density at radius 2 is 1.43 bits per heavy atom. The number of carbonyl (C=O) groups excluding carboxylic acids is 2. The quantitative estimate of drug-likeness (QED) is 0.335. The Morgan fingerprint density at radius 3 is 1.97 bits per heavy atom. The Balaban J connectivity index is 1.92. The van der Waals surface area contributed by atoms with E-state index >= 15 is 0 Å². The van der Waals surface area contributed by atoms with Crippen LogP contribution in [0.15, 0.2) is 84.9 Å². The number of aliphatic carboxylic acids is 1. The highest BCUT2D eigenvalue weighted by Crippen LogP contribution is 2.28. The Hall–Kier alpha value is -4.13. The van der Waals surface area contributed by atoms with E-state index in [-0.39, 0.29) is 18.9 Å². The number of benzene rings is 3. The molecule has 0 aliphatic heterocycles. The van der Waals surface area contributed by atoms with Crippen LogP contribution in [-0.2, 0) is 16.0 Å². The van der Waals surface area contributed by atoms with E-state index in [0.717, 1.165) is 22.3 Å². The molecule has 1 unspecified atom stereocenters. The van der Waals surface area contributed by atoms with Gasteiger partial charge in [0.1, 0.15) is 6.04 Å². The molecule has 2 atom stereocenters. The van der Waals surface area contributed by atoms with E-state index in [1.165, 1.54) is 4.90 Å². The van der Waals surface area contributed by atoms with E-state index in [0.29, 0.717) is 13.0 Å². The summed E-state index contributed by atoms with van der Waals surface area (Å²) in [5, 5.41) is 13.0. The standard InChI is InChI=1S/C30H35N3O4/c1-21(2)20-33(18-17-27(31)34)30(37)32-28(29(35)36)26(19-22-9-5-3-6-10-22)25-15-13-24(14-16-25)23-11-7-4-8-12-23/h3-16,21,26,28H,17-20H2,1-2H3,(H2,31,34)(H,32,37)(H,35,36)/t26?,28-/m0/s1. The van der Waals surface area contributed by atoms with Crippen LogP contribution in [-0.4, -0.2) is 47.0 Å². The summed E-state index contributed by atoms with van der Waals surface area (Å²) in [4.78, 5) is 38.6. The number of primary amides is 1. The van der Waals surface area contributed by atoms with Crippen LogP contribution in [0.1, 0.15) is 37.3 Å². The van der Waals surface area contributed by atoms with E-state index in [1.54, 1.807) is 0 Å². The van der Waals surface area contributed by atoms with Gasteiger partial charge in [-0.25, -0.2) is 9.59 Å². The van der Waals surface area contributed by atoms with Crippen molar-refractivity contribution < 1.29 is 19.5 Å². The van der Waals surface area contributed by atoms with Crippen LogP contribution in [0.5, 0.6) is 0 Å². The van der Waals surface area contributed by atoms with Gasteiger partial charge < -0.3 is 21.1 Å². The first kappa shape index (κ1) is 27.5. The first-order chi connectivity index (χ1) is 17.7. The first-order valence-corrected chi connectivity index (χ1v) is 12.5. The van der Waals surface area contributed by atoms with Gasteiger partial charge in [-0.15, -0.1) is 0 Å². The van der Waals surface area contributed by atoms with E-state index in [4.69, 9.17) is 5.73 Å². The van der Waals surface area contributed by atoms with Gasteiger partial charge in [-0.05, 0) is 34.6 Å². The third-order valence-electron chi connectivity index (χ3n) is 6.19. The normalized spacial score (nSPS) is 12.5. The second kappa shape index (κ2) is 13.3. The van der Waals surface area contributed by atoms with Crippen molar-refractivity contribution in [2.75, 3.05) is 13.1 Å². The number of nitrogens with zero attached hydrogens (tertiary/aromatic N) is 1. The van der Waals surface area contributed by atoms with Gasteiger partial charge >= 0.3 is 12.0 Å². The smallest absolute Gasteiger partial charge is 0.326 e. The predicted octanol–water partition coefficient (Wildman–Crippen LogP) is 4.68. The number of hydrogen-bond acceptors (Lipinski definition) is 3. The highest BCUT2D eigenvalue weighted by Gasteiger charge is 2.33. The van der Waals surface area contributed by atoms with Crippen molar-refractivity contribution in [1.82, 2.24) is 10.2 Å². The lowest BCUT2D eigenvalue weighted by atomic mass is 9.85. The Morgan fingerprint density at radius 1 is 0.865 bits per heavy atom. The molecule has 0 saturated heterocycles. The molecule has 7 heteroatoms. The molecule has 0 fully saturated rings. The van der Waals surface area contributed by atoms with Crippen LogP contribution in [0.2, 0.25) is 0 Å². The number of carboxylic acid groups (broad SMARTS) is 1. The van der Waals surface area contributed by atoms with E-state index in [1.807, 2.05) is 98.8 Å². The maximum atomic E-state index is 13.2. The number of rotatable bonds is 12. The van der Waals surface area contributed by atoms with E-state index < -0.39 is 29.9 Å². The fourth-order valence-electron chi connectivity index (χ4n) is 4.37. The minimum atomic E-state index is -1.18. The highest BCUT2D eigenvalue weighted by molar-refractivity contribution is 5.84. The molecule has 0 aromatic heterocycles. The third-order valence-corrected chi connectivity index (χ3v) is 6.19. The molecule has 0 bridgehead atoms. The number of carboxylic acids is 1. The maximum Gasteiger partial charge on any atom is 0.326 e. The maximum absolute atomic E-state index is 13.2. The van der Waals surface area contributed by atoms with Crippen LogP contribution in [0.25, 0.3) is 11.1 Å². The lowest BCUT2D eigenvalue weighted by Crippen LogP contribution is -2.52. The number of urea groups is 1. The fourth-order valence-corrected chi connectivity index (χ4v) is 4.37. The molecule has 4 N–H and O–H groups in total. The molecule has 0 saturated carbocycles. The first-order valence-electron chi connectivity index (χ1n) is 12.5. The molecule has 0 heterocycles. The van der Waals surface area contributed by atoms with Crippen molar-refractivity contribution in [3.8, 4) is 11.1 Å². The second-order valence-electron chi connectivity index (χ2n) is 9.61. The van der Waals surface area contributed by atoms with Crippen LogP contribution >= 0.6 is 0 Å². The molecule has 3 amide bonds. The van der Waals surface area contributed by atoms with Crippen LogP contribution in [0.4, 0.5) is 4.79 Å². The summed E-state index contributed by atoms with van der Waals surface area (Å²) >= 11 is 0. The zero-order valence-corrected chi connectivity index (χ0v) is 21.3. The van der Waals surface area contributed by atoms with Gasteiger partial charge in [-0.2, -0.15) is 0 Å². The highest BCUT2D eigenvalue weighted by atomic mass is 16.4. The molecular weight excluding hydrogens is 466 g/mol. The number of nitrogens with two attached hydrogens (primary N) is 1. The monoisotopic (exact) mass is 501 g/mol. The van der Waals surface area contributed by atoms with Gasteiger partial charge in [0.05, 0.1) is 0 Å². The van der Waals surface area contributed by atoms with Gasteiger partial charge in [-0.1, -0.05) is 98.8 Å². The van der Waals surface area contributed by atoms with Gasteiger partial charge in [0.2, 0.25) is 5.91 Å². The second-order valence-corrected chi connectivity index (χ2v) is 9.61. The zero-order valence-electron chi connectivity index (χ0n) is 21.3. The average molecular weight is 502 g/mol. The lowest BCUT2D eigenvalue weighted by Gasteiger charge is -2.30. The van der Waals surface area contributed by atoms with E-state index in [9.17, 15) is 19.5 Å². The predicted molar refractivity (Wildman–Crippen MR) is 145 cm³/mol. The summed E-state index contributed by atoms with van der Waals surface area (Å²) < 4.78 is 0. The molecule has 37 heavy (non-hydrogen) atoms. The molecule has 7 nitrogen and oxygen atoms in total. The van der Waals surface area contributed by atoms with Gasteiger partial charge in [0.25, 0.3) is 0 Å². The summed E-state index contributed by atoms with van der Waals surface area (Å²) in [6.45, 7) is 4.40. The molecule has 0 aliphatic carbocycles. The van der Waals surface area contributed by atoms with Crippen molar-refractivity contribution >= 4 is 17.9 Å². The van der Waals surface area contributed by atoms with Crippen molar-refractivity contribution in [2.45, 2.75) is 38.6 Å². The Bertz CT molecular complexity index is 1160. The number of nitrogens with one attached hydrogen (secondary N) is 1. The van der Waals surface area contributed by atoms with E-state index in [2.05, 4.69) is 5.32 Å². The van der Waals surface area contributed by atoms with Gasteiger partial charge in [0.15, 0.2) is 0 Å². The Kier molecular flexibility index (Phi) is 9.84. The molecular formula is C30H35N3O4. The van der Waals surface area contributed by atoms with Crippen molar-refractivity contribution in [3.05, 3.63) is 96.1 Å². The van der Waals surface area contributed by atoms with Gasteiger partial charge in [0, 0.05) is 25.4 Å². The molecule has 0 spiro atoms. The summed E-state index contributed by atoms with van der Waals surface area (Å²) in [6.07, 6.45) is 0.431. The minimum Gasteiger partial charge on any atom is -0.480 e. The minimum absolute atomic E-state index is 0.00622. The Labute approximate surface area is 218 Å². The van der Waals surface area contributed by atoms with Crippen LogP contribution in [0, 0.1) is 5.92 Å². The molecule has 0 radical (unpaired) electrons. The number of carbonyl (C=O) groups is 3. The fraction of sp³-hybridized carbons (Fsp3) is 0.300. The topological polar surface area (TPSA) is 113 Å². The average Bonchev–Trinajstić information content (AvgIpc) is 2.89. The molecule has 3 rings (SSSR count).